The summed E-state index contributed by atoms with van der Waals surface area (Å²) in [6.07, 6.45) is 3.80. The largest absolute Gasteiger partial charge is 0.384 e. The van der Waals surface area contributed by atoms with Gasteiger partial charge < -0.3 is 5.73 Å². The maximum atomic E-state index is 5.67. The Morgan fingerprint density at radius 1 is 1.50 bits per heavy atom. The molecule has 2 N–H and O–H groups in total. The Morgan fingerprint density at radius 2 is 2.29 bits per heavy atom. The number of nitrogens with two attached hydrogens (primary N) is 1. The zero-order valence-electron chi connectivity index (χ0n) is 8.31. The minimum atomic E-state index is 0.666. The molecule has 0 aliphatic rings. The summed E-state index contributed by atoms with van der Waals surface area (Å²) in [4.78, 5) is 0. The molecular weight excluding hydrogens is 178 g/mol. The highest BCUT2D eigenvalue weighted by Crippen LogP contribution is 2.06. The van der Waals surface area contributed by atoms with Gasteiger partial charge in [0.2, 0.25) is 0 Å². The number of nitrogens with zero attached hydrogens (tertiary/aromatic N) is 4. The van der Waals surface area contributed by atoms with E-state index in [1.165, 1.54) is 0 Å². The van der Waals surface area contributed by atoms with Crippen LogP contribution in [0.15, 0.2) is 18.5 Å². The number of aromatic nitrogens is 4. The third kappa shape index (κ3) is 1.61. The lowest BCUT2D eigenvalue weighted by Gasteiger charge is -1.95. The molecule has 74 valence electrons. The summed E-state index contributed by atoms with van der Waals surface area (Å²) in [7, 11) is 1.83. The fourth-order valence-corrected chi connectivity index (χ4v) is 1.34. The molecule has 0 spiro atoms. The zero-order valence-corrected chi connectivity index (χ0v) is 8.31. The molecule has 0 amide bonds. The molecule has 0 bridgehead atoms. The summed E-state index contributed by atoms with van der Waals surface area (Å²) >= 11 is 0. The quantitative estimate of drug-likeness (QED) is 0.754. The van der Waals surface area contributed by atoms with Crippen molar-refractivity contribution in [3.05, 3.63) is 29.7 Å². The highest BCUT2D eigenvalue weighted by atomic mass is 15.3. The predicted octanol–water partition coefficient (Wildman–Crippen LogP) is 0.556. The molecule has 14 heavy (non-hydrogen) atoms. The first-order chi connectivity index (χ1) is 6.65. The van der Waals surface area contributed by atoms with Crippen LogP contribution >= 0.6 is 0 Å². The summed E-state index contributed by atoms with van der Waals surface area (Å²) in [5, 5.41) is 8.42. The van der Waals surface area contributed by atoms with Crippen molar-refractivity contribution in [2.45, 2.75) is 13.5 Å². The molecule has 0 saturated carbocycles. The van der Waals surface area contributed by atoms with E-state index in [0.29, 0.717) is 12.4 Å². The standard InChI is InChI=1S/C9H13N5/c1-7-4-11-14(5-7)6-8-3-9(10)13(2)12-8/h3-5H,6,10H2,1-2H3. The number of rotatable bonds is 2. The van der Waals surface area contributed by atoms with Crippen LogP contribution in [0.2, 0.25) is 0 Å². The second-order valence-electron chi connectivity index (χ2n) is 3.40. The second kappa shape index (κ2) is 3.17. The van der Waals surface area contributed by atoms with Gasteiger partial charge in [-0.05, 0) is 12.5 Å². The van der Waals surface area contributed by atoms with E-state index in [2.05, 4.69) is 10.2 Å². The fraction of sp³-hybridized carbons (Fsp3) is 0.333. The van der Waals surface area contributed by atoms with E-state index in [-0.39, 0.29) is 0 Å². The van der Waals surface area contributed by atoms with Gasteiger partial charge in [-0.1, -0.05) is 0 Å². The molecule has 2 aromatic rings. The van der Waals surface area contributed by atoms with E-state index < -0.39 is 0 Å². The third-order valence-electron chi connectivity index (χ3n) is 2.05. The molecule has 0 fully saturated rings. The van der Waals surface area contributed by atoms with Crippen molar-refractivity contribution in [1.82, 2.24) is 19.6 Å². The Kier molecular flexibility index (Phi) is 1.99. The van der Waals surface area contributed by atoms with Gasteiger partial charge in [0.15, 0.2) is 0 Å². The first-order valence-corrected chi connectivity index (χ1v) is 4.42. The molecule has 0 aliphatic heterocycles. The van der Waals surface area contributed by atoms with Gasteiger partial charge in [0, 0.05) is 19.3 Å². The van der Waals surface area contributed by atoms with Crippen LogP contribution in [0, 0.1) is 6.92 Å². The highest BCUT2D eigenvalue weighted by molar-refractivity contribution is 5.30. The topological polar surface area (TPSA) is 61.7 Å². The summed E-state index contributed by atoms with van der Waals surface area (Å²) in [5.74, 6) is 0.670. The molecular formula is C9H13N5. The van der Waals surface area contributed by atoms with E-state index in [0.717, 1.165) is 11.3 Å². The Balaban J connectivity index is 2.18. The molecule has 2 rings (SSSR count). The predicted molar refractivity (Wildman–Crippen MR) is 53.7 cm³/mol. The van der Waals surface area contributed by atoms with Crippen molar-refractivity contribution in [2.24, 2.45) is 7.05 Å². The molecule has 0 atom stereocenters. The maximum Gasteiger partial charge on any atom is 0.121 e. The first-order valence-electron chi connectivity index (χ1n) is 4.42. The van der Waals surface area contributed by atoms with Crippen molar-refractivity contribution < 1.29 is 0 Å². The van der Waals surface area contributed by atoms with E-state index >= 15 is 0 Å². The van der Waals surface area contributed by atoms with Crippen molar-refractivity contribution in [3.8, 4) is 0 Å². The molecule has 0 radical (unpaired) electrons. The van der Waals surface area contributed by atoms with E-state index in [4.69, 9.17) is 5.73 Å². The molecule has 2 aromatic heterocycles. The van der Waals surface area contributed by atoms with Gasteiger partial charge in [-0.2, -0.15) is 10.2 Å². The molecule has 0 aliphatic carbocycles. The molecule has 0 aromatic carbocycles. The van der Waals surface area contributed by atoms with Crippen LogP contribution in [-0.2, 0) is 13.6 Å². The van der Waals surface area contributed by atoms with Gasteiger partial charge >= 0.3 is 0 Å². The van der Waals surface area contributed by atoms with E-state index in [1.54, 1.807) is 4.68 Å². The van der Waals surface area contributed by atoms with E-state index in [1.807, 2.05) is 37.1 Å². The average Bonchev–Trinajstić information content (AvgIpc) is 2.62. The van der Waals surface area contributed by atoms with Crippen LogP contribution in [0.3, 0.4) is 0 Å². The Bertz CT molecular complexity index is 420. The van der Waals surface area contributed by atoms with Gasteiger partial charge in [0.05, 0.1) is 18.4 Å². The van der Waals surface area contributed by atoms with Crippen LogP contribution in [0.5, 0.6) is 0 Å². The molecule has 5 heteroatoms. The van der Waals surface area contributed by atoms with Crippen molar-refractivity contribution in [3.63, 3.8) is 0 Å². The van der Waals surface area contributed by atoms with Crippen molar-refractivity contribution in [2.75, 3.05) is 5.73 Å². The minimum absolute atomic E-state index is 0.666. The van der Waals surface area contributed by atoms with Crippen LogP contribution < -0.4 is 5.73 Å². The molecule has 0 unspecified atom stereocenters. The van der Waals surface area contributed by atoms with Crippen LogP contribution in [-0.4, -0.2) is 19.6 Å². The van der Waals surface area contributed by atoms with Gasteiger partial charge in [-0.25, -0.2) is 0 Å². The fourth-order valence-electron chi connectivity index (χ4n) is 1.34. The smallest absolute Gasteiger partial charge is 0.121 e. The van der Waals surface area contributed by atoms with Crippen LogP contribution in [0.4, 0.5) is 5.82 Å². The highest BCUT2D eigenvalue weighted by Gasteiger charge is 2.02. The van der Waals surface area contributed by atoms with Crippen molar-refractivity contribution in [1.29, 1.82) is 0 Å². The van der Waals surface area contributed by atoms with Gasteiger partial charge in [0.25, 0.3) is 0 Å². The average molecular weight is 191 g/mol. The molecule has 2 heterocycles. The minimum Gasteiger partial charge on any atom is -0.384 e. The van der Waals surface area contributed by atoms with Gasteiger partial charge in [-0.15, -0.1) is 0 Å². The van der Waals surface area contributed by atoms with Crippen LogP contribution in [0.1, 0.15) is 11.3 Å². The summed E-state index contributed by atoms with van der Waals surface area (Å²) in [6, 6.07) is 1.86. The lowest BCUT2D eigenvalue weighted by Crippen LogP contribution is -2.01. The van der Waals surface area contributed by atoms with Gasteiger partial charge in [0.1, 0.15) is 5.82 Å². The SMILES string of the molecule is Cc1cnn(Cc2cc(N)n(C)n2)c1. The Labute approximate surface area is 82.1 Å². The number of aryl methyl sites for hydroxylation is 2. The number of nitrogen functional groups attached to an aromatic ring is 1. The summed E-state index contributed by atoms with van der Waals surface area (Å²) in [5.41, 5.74) is 7.74. The lowest BCUT2D eigenvalue weighted by molar-refractivity contribution is 0.651. The van der Waals surface area contributed by atoms with E-state index in [9.17, 15) is 0 Å². The first kappa shape index (κ1) is 8.80. The lowest BCUT2D eigenvalue weighted by atomic mass is 10.4. The molecule has 0 saturated heterocycles. The number of hydrogen-bond acceptors (Lipinski definition) is 3. The Hall–Kier alpha value is -1.78. The summed E-state index contributed by atoms with van der Waals surface area (Å²) < 4.78 is 3.50. The van der Waals surface area contributed by atoms with Crippen molar-refractivity contribution >= 4 is 5.82 Å². The van der Waals surface area contributed by atoms with Gasteiger partial charge in [-0.3, -0.25) is 9.36 Å². The maximum absolute atomic E-state index is 5.67. The zero-order chi connectivity index (χ0) is 10.1. The van der Waals surface area contributed by atoms with Crippen LogP contribution in [0.25, 0.3) is 0 Å². The molecule has 5 nitrogen and oxygen atoms in total. The normalized spacial score (nSPS) is 10.7. The number of anilines is 1. The summed E-state index contributed by atoms with van der Waals surface area (Å²) in [6.45, 7) is 2.68. The number of hydrogen-bond donors (Lipinski definition) is 1. The third-order valence-corrected chi connectivity index (χ3v) is 2.05. The Morgan fingerprint density at radius 3 is 2.79 bits per heavy atom. The second-order valence-corrected chi connectivity index (χ2v) is 3.40. The monoisotopic (exact) mass is 191 g/mol.